The van der Waals surface area contributed by atoms with Gasteiger partial charge in [0.1, 0.15) is 0 Å². The third-order valence-corrected chi connectivity index (χ3v) is 8.55. The van der Waals surface area contributed by atoms with Gasteiger partial charge in [-0.1, -0.05) is 127 Å². The third-order valence-electron chi connectivity index (χ3n) is 8.55. The van der Waals surface area contributed by atoms with Gasteiger partial charge in [0, 0.05) is 27.8 Å². The fourth-order valence-electron chi connectivity index (χ4n) is 6.13. The number of nitrogens with zero attached hydrogens (tertiary/aromatic N) is 6. The molecule has 0 fully saturated rings. The van der Waals surface area contributed by atoms with Crippen LogP contribution >= 0.6 is 0 Å². The lowest BCUT2D eigenvalue weighted by atomic mass is 9.98. The van der Waals surface area contributed by atoms with Crippen molar-refractivity contribution in [3.63, 3.8) is 0 Å². The van der Waals surface area contributed by atoms with Crippen LogP contribution in [0.2, 0.25) is 0 Å². The normalized spacial score (nSPS) is 10.8. The molecule has 0 aliphatic rings. The van der Waals surface area contributed by atoms with Crippen molar-refractivity contribution in [3.8, 4) is 73.9 Å². The fourth-order valence-corrected chi connectivity index (χ4v) is 6.13. The predicted octanol–water partition coefficient (Wildman–Crippen LogP) is 10.8. The van der Waals surface area contributed by atoms with E-state index in [1.54, 1.807) is 12.1 Å². The molecule has 0 unspecified atom stereocenters. The SMILES string of the molecule is [C-]#[N+]c1cccc(-c2cc(-c3ccccc3)nc(-c3cccc4c(-c5nc(-c6ccccc6)cc(-c6cccc(C#N)c6)n5)cccc34)n2)c1. The lowest BCUT2D eigenvalue weighted by Gasteiger charge is -2.14. The zero-order valence-corrected chi connectivity index (χ0v) is 26.7. The molecule has 0 spiro atoms. The minimum Gasteiger partial charge on any atom is -0.238 e. The molecule has 6 heteroatoms. The summed E-state index contributed by atoms with van der Waals surface area (Å²) in [4.78, 5) is 24.0. The van der Waals surface area contributed by atoms with E-state index in [1.807, 2.05) is 133 Å². The van der Waals surface area contributed by atoms with Crippen LogP contribution in [-0.2, 0) is 0 Å². The average molecular weight is 639 g/mol. The molecule has 8 aromatic rings. The van der Waals surface area contributed by atoms with Gasteiger partial charge in [0.25, 0.3) is 0 Å². The second-order valence-electron chi connectivity index (χ2n) is 11.7. The van der Waals surface area contributed by atoms with Gasteiger partial charge in [-0.3, -0.25) is 0 Å². The van der Waals surface area contributed by atoms with Crippen molar-refractivity contribution in [1.82, 2.24) is 19.9 Å². The summed E-state index contributed by atoms with van der Waals surface area (Å²) in [6.45, 7) is 7.55. The number of benzene rings is 6. The van der Waals surface area contributed by atoms with Crippen LogP contribution < -0.4 is 0 Å². The molecule has 0 amide bonds. The molecular weight excluding hydrogens is 613 g/mol. The predicted molar refractivity (Wildman–Crippen MR) is 199 cm³/mol. The largest absolute Gasteiger partial charge is 0.238 e. The van der Waals surface area contributed by atoms with Crippen molar-refractivity contribution < 1.29 is 0 Å². The van der Waals surface area contributed by atoms with E-state index in [2.05, 4.69) is 23.0 Å². The summed E-state index contributed by atoms with van der Waals surface area (Å²) in [5.41, 5.74) is 9.50. The molecule has 0 radical (unpaired) electrons. The van der Waals surface area contributed by atoms with Gasteiger partial charge in [-0.25, -0.2) is 24.8 Å². The van der Waals surface area contributed by atoms with Gasteiger partial charge in [-0.15, -0.1) is 0 Å². The van der Waals surface area contributed by atoms with Gasteiger partial charge in [0.05, 0.1) is 41.0 Å². The maximum Gasteiger partial charge on any atom is 0.187 e. The summed E-state index contributed by atoms with van der Waals surface area (Å²) in [7, 11) is 0. The Hall–Kier alpha value is -7.28. The Morgan fingerprint density at radius 3 is 1.38 bits per heavy atom. The fraction of sp³-hybridized carbons (Fsp3) is 0. The summed E-state index contributed by atoms with van der Waals surface area (Å²) in [5, 5.41) is 11.5. The minimum atomic E-state index is 0.551. The van der Waals surface area contributed by atoms with Crippen LogP contribution in [0.3, 0.4) is 0 Å². The van der Waals surface area contributed by atoms with Gasteiger partial charge in [0.2, 0.25) is 0 Å². The van der Waals surface area contributed by atoms with Crippen molar-refractivity contribution in [2.75, 3.05) is 0 Å². The molecular formula is C44H26N6. The maximum atomic E-state index is 9.60. The molecule has 0 aliphatic carbocycles. The van der Waals surface area contributed by atoms with E-state index in [0.29, 0.717) is 22.9 Å². The van der Waals surface area contributed by atoms with E-state index >= 15 is 0 Å². The molecule has 0 atom stereocenters. The van der Waals surface area contributed by atoms with Gasteiger partial charge in [0.15, 0.2) is 17.3 Å². The first-order valence-electron chi connectivity index (χ1n) is 16.1. The molecule has 0 saturated carbocycles. The molecule has 0 aliphatic heterocycles. The standard InChI is InChI=1S/C44H26N6/c1-46-34-19-9-18-33(25-34)42-27-40(31-15-6-3-7-16-31)48-44(50-42)38-23-11-20-35-36(38)21-10-22-37(35)43-47-39(30-13-4-2-5-14-30)26-41(49-43)32-17-8-12-29(24-32)28-45/h2-27H. The average Bonchev–Trinajstić information content (AvgIpc) is 3.20. The monoisotopic (exact) mass is 638 g/mol. The van der Waals surface area contributed by atoms with Gasteiger partial charge >= 0.3 is 0 Å². The highest BCUT2D eigenvalue weighted by atomic mass is 14.9. The van der Waals surface area contributed by atoms with Crippen molar-refractivity contribution in [2.45, 2.75) is 0 Å². The number of fused-ring (bicyclic) bond motifs is 1. The van der Waals surface area contributed by atoms with Crippen molar-refractivity contribution in [2.24, 2.45) is 0 Å². The molecule has 6 nitrogen and oxygen atoms in total. The van der Waals surface area contributed by atoms with Crippen LogP contribution in [0, 0.1) is 17.9 Å². The number of aromatic nitrogens is 4. The summed E-state index contributed by atoms with van der Waals surface area (Å²) in [5.74, 6) is 1.15. The molecule has 2 heterocycles. The molecule has 232 valence electrons. The summed E-state index contributed by atoms with van der Waals surface area (Å²) in [6.07, 6.45) is 0. The van der Waals surface area contributed by atoms with Gasteiger partial charge < -0.3 is 0 Å². The van der Waals surface area contributed by atoms with Crippen LogP contribution in [0.4, 0.5) is 5.69 Å². The van der Waals surface area contributed by atoms with E-state index in [1.165, 1.54) is 0 Å². The van der Waals surface area contributed by atoms with Crippen LogP contribution in [0.1, 0.15) is 5.56 Å². The van der Waals surface area contributed by atoms with Crippen LogP contribution in [0.25, 0.3) is 83.4 Å². The van der Waals surface area contributed by atoms with E-state index in [9.17, 15) is 5.26 Å². The minimum absolute atomic E-state index is 0.551. The third kappa shape index (κ3) is 5.86. The number of rotatable bonds is 6. The Labute approximate surface area is 289 Å². The second-order valence-corrected chi connectivity index (χ2v) is 11.7. The Bertz CT molecular complexity index is 2430. The maximum absolute atomic E-state index is 9.60. The molecule has 0 N–H and O–H groups in total. The zero-order chi connectivity index (χ0) is 33.9. The van der Waals surface area contributed by atoms with Crippen LogP contribution in [0.15, 0.2) is 158 Å². The molecule has 6 aromatic carbocycles. The smallest absolute Gasteiger partial charge is 0.187 e. The number of hydrogen-bond donors (Lipinski definition) is 0. The summed E-state index contributed by atoms with van der Waals surface area (Å²) < 4.78 is 0. The van der Waals surface area contributed by atoms with E-state index in [4.69, 9.17) is 26.5 Å². The van der Waals surface area contributed by atoms with E-state index in [-0.39, 0.29) is 0 Å². The first kappa shape index (κ1) is 30.1. The zero-order valence-electron chi connectivity index (χ0n) is 26.7. The Balaban J connectivity index is 1.33. The Morgan fingerprint density at radius 2 is 0.880 bits per heavy atom. The number of hydrogen-bond acceptors (Lipinski definition) is 5. The highest BCUT2D eigenvalue weighted by Crippen LogP contribution is 2.36. The summed E-state index contributed by atoms with van der Waals surface area (Å²) >= 11 is 0. The van der Waals surface area contributed by atoms with Crippen LogP contribution in [-0.4, -0.2) is 19.9 Å². The molecule has 2 aromatic heterocycles. The summed E-state index contributed by atoms with van der Waals surface area (Å²) in [6, 6.07) is 53.5. The van der Waals surface area contributed by atoms with Crippen LogP contribution in [0.5, 0.6) is 0 Å². The lowest BCUT2D eigenvalue weighted by molar-refractivity contribution is 1.18. The van der Waals surface area contributed by atoms with Crippen molar-refractivity contribution >= 4 is 16.5 Å². The van der Waals surface area contributed by atoms with E-state index in [0.717, 1.165) is 66.9 Å². The highest BCUT2D eigenvalue weighted by molar-refractivity contribution is 6.03. The first-order valence-corrected chi connectivity index (χ1v) is 16.1. The van der Waals surface area contributed by atoms with E-state index < -0.39 is 0 Å². The quantitative estimate of drug-likeness (QED) is 0.169. The second kappa shape index (κ2) is 13.1. The molecule has 50 heavy (non-hydrogen) atoms. The van der Waals surface area contributed by atoms with Gasteiger partial charge in [-0.2, -0.15) is 5.26 Å². The topological polar surface area (TPSA) is 79.7 Å². The molecule has 8 rings (SSSR count). The Morgan fingerprint density at radius 1 is 0.440 bits per heavy atom. The van der Waals surface area contributed by atoms with Crippen molar-refractivity contribution in [1.29, 1.82) is 5.26 Å². The lowest BCUT2D eigenvalue weighted by Crippen LogP contribution is -1.98. The van der Waals surface area contributed by atoms with Crippen molar-refractivity contribution in [3.05, 3.63) is 175 Å². The van der Waals surface area contributed by atoms with Gasteiger partial charge in [-0.05, 0) is 46.7 Å². The highest BCUT2D eigenvalue weighted by Gasteiger charge is 2.17. The first-order chi connectivity index (χ1) is 24.7. The number of nitriles is 1. The molecule has 0 bridgehead atoms. The molecule has 0 saturated heterocycles. The Kier molecular flexibility index (Phi) is 7.87.